The quantitative estimate of drug-likeness (QED) is 0.721. The number of anilines is 2. The fourth-order valence-corrected chi connectivity index (χ4v) is 3.68. The van der Waals surface area contributed by atoms with Crippen molar-refractivity contribution in [3.63, 3.8) is 0 Å². The number of fused-ring (bicyclic) bond motifs is 2. The maximum Gasteiger partial charge on any atom is 0.142 e. The fraction of sp³-hybridized carbons (Fsp3) is 0.409. The highest BCUT2D eigenvalue weighted by Crippen LogP contribution is 2.38. The minimum Gasteiger partial charge on any atom is -0.348 e. The van der Waals surface area contributed by atoms with Crippen molar-refractivity contribution in [2.75, 3.05) is 18.7 Å². The van der Waals surface area contributed by atoms with Crippen LogP contribution in [0.1, 0.15) is 31.4 Å². The number of hydrogen-bond donors (Lipinski definition) is 0. The van der Waals surface area contributed by atoms with E-state index in [1.807, 2.05) is 0 Å². The third-order valence-electron chi connectivity index (χ3n) is 5.05. The second-order valence-electron chi connectivity index (χ2n) is 6.84. The standard InChI is InChI=1S/C22H27N3O/c1-4-22(24(3)16-26-17(2)15-23)25-20-11-7-5-9-18(20)13-14-19-10-6-8-12-21(19)25/h5-12,17,22H,4,13-14,16H2,1-3H3. The van der Waals surface area contributed by atoms with Gasteiger partial charge in [0.05, 0.1) is 12.2 Å². The fourth-order valence-electron chi connectivity index (χ4n) is 3.68. The van der Waals surface area contributed by atoms with Crippen molar-refractivity contribution in [2.24, 2.45) is 0 Å². The van der Waals surface area contributed by atoms with Gasteiger partial charge in [0.2, 0.25) is 0 Å². The Morgan fingerprint density at radius 3 is 2.12 bits per heavy atom. The zero-order valence-electron chi connectivity index (χ0n) is 15.9. The van der Waals surface area contributed by atoms with Crippen LogP contribution in [0.15, 0.2) is 48.5 Å². The van der Waals surface area contributed by atoms with Gasteiger partial charge in [0.15, 0.2) is 0 Å². The van der Waals surface area contributed by atoms with Crippen molar-refractivity contribution in [1.29, 1.82) is 5.26 Å². The number of nitriles is 1. The lowest BCUT2D eigenvalue weighted by Crippen LogP contribution is -2.45. The van der Waals surface area contributed by atoms with Gasteiger partial charge in [-0.05, 0) is 56.5 Å². The number of benzene rings is 2. The smallest absolute Gasteiger partial charge is 0.142 e. The summed E-state index contributed by atoms with van der Waals surface area (Å²) in [7, 11) is 2.06. The van der Waals surface area contributed by atoms with Crippen LogP contribution in [0.3, 0.4) is 0 Å². The molecule has 2 unspecified atom stereocenters. The molecule has 3 rings (SSSR count). The van der Waals surface area contributed by atoms with Gasteiger partial charge in [0.25, 0.3) is 0 Å². The molecule has 0 spiro atoms. The van der Waals surface area contributed by atoms with Gasteiger partial charge in [0.1, 0.15) is 12.8 Å². The summed E-state index contributed by atoms with van der Waals surface area (Å²) in [6.07, 6.45) is 2.79. The molecular weight excluding hydrogens is 322 g/mol. The first-order chi connectivity index (χ1) is 12.7. The van der Waals surface area contributed by atoms with E-state index in [2.05, 4.69) is 78.4 Å². The summed E-state index contributed by atoms with van der Waals surface area (Å²) >= 11 is 0. The molecule has 0 aliphatic carbocycles. The Morgan fingerprint density at radius 2 is 1.62 bits per heavy atom. The molecular formula is C22H27N3O. The molecule has 0 N–H and O–H groups in total. The molecule has 0 radical (unpaired) electrons. The Kier molecular flexibility index (Phi) is 5.92. The van der Waals surface area contributed by atoms with Gasteiger partial charge in [0, 0.05) is 11.4 Å². The molecule has 1 aliphatic rings. The highest BCUT2D eigenvalue weighted by atomic mass is 16.5. The highest BCUT2D eigenvalue weighted by Gasteiger charge is 2.28. The van der Waals surface area contributed by atoms with Crippen LogP contribution in [0.4, 0.5) is 11.4 Å². The maximum absolute atomic E-state index is 8.99. The second kappa shape index (κ2) is 8.35. The van der Waals surface area contributed by atoms with Crippen molar-refractivity contribution < 1.29 is 4.74 Å². The first-order valence-corrected chi connectivity index (χ1v) is 9.32. The van der Waals surface area contributed by atoms with E-state index in [1.165, 1.54) is 22.5 Å². The molecule has 1 heterocycles. The number of aryl methyl sites for hydroxylation is 2. The van der Waals surface area contributed by atoms with Gasteiger partial charge in [-0.1, -0.05) is 43.3 Å². The predicted molar refractivity (Wildman–Crippen MR) is 105 cm³/mol. The van der Waals surface area contributed by atoms with Gasteiger partial charge in [-0.15, -0.1) is 0 Å². The van der Waals surface area contributed by atoms with Crippen molar-refractivity contribution in [1.82, 2.24) is 4.90 Å². The van der Waals surface area contributed by atoms with Crippen LogP contribution >= 0.6 is 0 Å². The van der Waals surface area contributed by atoms with E-state index >= 15 is 0 Å². The Labute approximate surface area is 156 Å². The van der Waals surface area contributed by atoms with Crippen LogP contribution in [0, 0.1) is 11.3 Å². The Morgan fingerprint density at radius 1 is 1.08 bits per heavy atom. The highest BCUT2D eigenvalue weighted by molar-refractivity contribution is 5.71. The van der Waals surface area contributed by atoms with E-state index < -0.39 is 6.10 Å². The summed E-state index contributed by atoms with van der Waals surface area (Å²) in [4.78, 5) is 4.63. The summed E-state index contributed by atoms with van der Waals surface area (Å²) in [5, 5.41) is 8.99. The van der Waals surface area contributed by atoms with Gasteiger partial charge in [-0.3, -0.25) is 4.90 Å². The van der Waals surface area contributed by atoms with E-state index in [0.29, 0.717) is 6.73 Å². The number of hydrogen-bond acceptors (Lipinski definition) is 4. The van der Waals surface area contributed by atoms with Crippen LogP contribution in [-0.2, 0) is 17.6 Å². The average Bonchev–Trinajstić information content (AvgIpc) is 2.84. The molecule has 136 valence electrons. The van der Waals surface area contributed by atoms with Gasteiger partial charge in [-0.2, -0.15) is 5.26 Å². The molecule has 0 fully saturated rings. The van der Waals surface area contributed by atoms with Crippen LogP contribution in [-0.4, -0.2) is 30.9 Å². The molecule has 0 aromatic heterocycles. The largest absolute Gasteiger partial charge is 0.348 e. The van der Waals surface area contributed by atoms with Crippen molar-refractivity contribution in [3.8, 4) is 6.07 Å². The summed E-state index contributed by atoms with van der Waals surface area (Å²) < 4.78 is 5.67. The molecule has 4 nitrogen and oxygen atoms in total. The van der Waals surface area contributed by atoms with Crippen molar-refractivity contribution >= 4 is 11.4 Å². The summed E-state index contributed by atoms with van der Waals surface area (Å²) in [6, 6.07) is 19.5. The number of para-hydroxylation sites is 2. The molecule has 0 saturated carbocycles. The van der Waals surface area contributed by atoms with Gasteiger partial charge >= 0.3 is 0 Å². The van der Waals surface area contributed by atoms with Gasteiger partial charge < -0.3 is 9.64 Å². The minimum absolute atomic E-state index is 0.154. The zero-order chi connectivity index (χ0) is 18.5. The first kappa shape index (κ1) is 18.4. The predicted octanol–water partition coefficient (Wildman–Crippen LogP) is 4.48. The molecule has 0 bridgehead atoms. The molecule has 0 saturated heterocycles. The molecule has 0 amide bonds. The number of rotatable bonds is 6. The molecule has 4 heteroatoms. The van der Waals surface area contributed by atoms with E-state index in [-0.39, 0.29) is 6.17 Å². The normalized spacial score (nSPS) is 15.6. The first-order valence-electron chi connectivity index (χ1n) is 9.32. The molecule has 26 heavy (non-hydrogen) atoms. The van der Waals surface area contributed by atoms with Crippen LogP contribution in [0.5, 0.6) is 0 Å². The Hall–Kier alpha value is -2.35. The maximum atomic E-state index is 8.99. The van der Waals surface area contributed by atoms with E-state index in [4.69, 9.17) is 10.00 Å². The van der Waals surface area contributed by atoms with Crippen LogP contribution in [0.25, 0.3) is 0 Å². The molecule has 2 aromatic carbocycles. The van der Waals surface area contributed by atoms with Crippen molar-refractivity contribution in [3.05, 3.63) is 59.7 Å². The second-order valence-corrected chi connectivity index (χ2v) is 6.84. The lowest BCUT2D eigenvalue weighted by Gasteiger charge is -2.39. The molecule has 2 atom stereocenters. The molecule has 1 aliphatic heterocycles. The number of nitrogens with zero attached hydrogens (tertiary/aromatic N) is 3. The summed E-state index contributed by atoms with van der Waals surface area (Å²) in [6.45, 7) is 4.41. The number of ether oxygens (including phenoxy) is 1. The van der Waals surface area contributed by atoms with Crippen molar-refractivity contribution in [2.45, 2.75) is 45.4 Å². The monoisotopic (exact) mass is 349 g/mol. The summed E-state index contributed by atoms with van der Waals surface area (Å²) in [5.74, 6) is 0. The zero-order valence-corrected chi connectivity index (χ0v) is 15.9. The Bertz CT molecular complexity index is 735. The van der Waals surface area contributed by atoms with Crippen LogP contribution < -0.4 is 4.90 Å². The van der Waals surface area contributed by atoms with E-state index in [1.54, 1.807) is 6.92 Å². The Balaban J connectivity index is 1.99. The molecule has 2 aromatic rings. The minimum atomic E-state index is -0.404. The van der Waals surface area contributed by atoms with E-state index in [0.717, 1.165) is 19.3 Å². The SMILES string of the molecule is CCC(N(C)COC(C)C#N)N1c2ccccc2CCc2ccccc21. The van der Waals surface area contributed by atoms with E-state index in [9.17, 15) is 0 Å². The third-order valence-corrected chi connectivity index (χ3v) is 5.05. The average molecular weight is 349 g/mol. The topological polar surface area (TPSA) is 39.5 Å². The third kappa shape index (κ3) is 3.75. The summed E-state index contributed by atoms with van der Waals surface area (Å²) in [5.41, 5.74) is 5.29. The van der Waals surface area contributed by atoms with Gasteiger partial charge in [-0.25, -0.2) is 0 Å². The lowest BCUT2D eigenvalue weighted by atomic mass is 10.0. The van der Waals surface area contributed by atoms with Crippen LogP contribution in [0.2, 0.25) is 0 Å². The lowest BCUT2D eigenvalue weighted by molar-refractivity contribution is 0.00161.